The normalized spacial score (nSPS) is 10.8. The Hall–Kier alpha value is -3.04. The highest BCUT2D eigenvalue weighted by atomic mass is 32.2. The highest BCUT2D eigenvalue weighted by molar-refractivity contribution is 8.00. The van der Waals surface area contributed by atoms with Crippen molar-refractivity contribution in [3.05, 3.63) is 72.2 Å². The molecule has 2 heterocycles. The molecule has 0 aliphatic rings. The van der Waals surface area contributed by atoms with Crippen LogP contribution in [-0.4, -0.2) is 21.2 Å². The minimum atomic E-state index is -0.505. The molecule has 0 saturated carbocycles. The second-order valence-electron chi connectivity index (χ2n) is 5.75. The molecule has 2 amide bonds. The van der Waals surface area contributed by atoms with Gasteiger partial charge in [0.05, 0.1) is 11.2 Å². The maximum atomic E-state index is 13.2. The first-order valence-corrected chi connectivity index (χ1v) is 10.1. The SMILES string of the molecule is O=C(Nc1cccc(F)c1)Nc1nnc(SCc2ccc3ccccc3n2)s1. The van der Waals surface area contributed by atoms with Crippen molar-refractivity contribution in [2.75, 3.05) is 10.6 Å². The number of thioether (sulfide) groups is 1. The Labute approximate surface area is 168 Å². The van der Waals surface area contributed by atoms with E-state index in [-0.39, 0.29) is 0 Å². The highest BCUT2D eigenvalue weighted by Crippen LogP contribution is 2.28. The molecule has 2 aromatic heterocycles. The number of halogens is 1. The van der Waals surface area contributed by atoms with E-state index in [1.165, 1.54) is 41.3 Å². The van der Waals surface area contributed by atoms with Crippen LogP contribution in [0.2, 0.25) is 0 Å². The summed E-state index contributed by atoms with van der Waals surface area (Å²) in [6.45, 7) is 0. The number of amides is 2. The third-order valence-corrected chi connectivity index (χ3v) is 5.71. The van der Waals surface area contributed by atoms with E-state index in [1.807, 2.05) is 36.4 Å². The lowest BCUT2D eigenvalue weighted by Gasteiger charge is -2.04. The molecule has 0 aliphatic carbocycles. The molecule has 0 aliphatic heterocycles. The van der Waals surface area contributed by atoms with Crippen LogP contribution < -0.4 is 10.6 Å². The molecule has 0 radical (unpaired) electrons. The number of aromatic nitrogens is 3. The van der Waals surface area contributed by atoms with Crippen LogP contribution in [0.1, 0.15) is 5.69 Å². The molecule has 0 fully saturated rings. The first-order chi connectivity index (χ1) is 13.7. The topological polar surface area (TPSA) is 79.8 Å². The number of nitrogens with zero attached hydrogens (tertiary/aromatic N) is 3. The van der Waals surface area contributed by atoms with Crippen LogP contribution in [-0.2, 0) is 5.75 Å². The fourth-order valence-corrected chi connectivity index (χ4v) is 4.12. The van der Waals surface area contributed by atoms with Gasteiger partial charge in [-0.15, -0.1) is 10.2 Å². The minimum absolute atomic E-state index is 0.360. The number of para-hydroxylation sites is 1. The Bertz CT molecular complexity index is 1130. The Morgan fingerprint density at radius 1 is 1.04 bits per heavy atom. The predicted molar refractivity (Wildman–Crippen MR) is 110 cm³/mol. The lowest BCUT2D eigenvalue weighted by molar-refractivity contribution is 0.262. The first-order valence-electron chi connectivity index (χ1n) is 8.30. The fraction of sp³-hybridized carbons (Fsp3) is 0.0526. The van der Waals surface area contributed by atoms with Gasteiger partial charge in [-0.05, 0) is 30.3 Å². The van der Waals surface area contributed by atoms with Gasteiger partial charge in [-0.25, -0.2) is 9.18 Å². The van der Waals surface area contributed by atoms with Crippen molar-refractivity contribution in [3.63, 3.8) is 0 Å². The molecule has 2 N–H and O–H groups in total. The van der Waals surface area contributed by atoms with Crippen molar-refractivity contribution in [3.8, 4) is 0 Å². The monoisotopic (exact) mass is 411 g/mol. The zero-order chi connectivity index (χ0) is 19.3. The van der Waals surface area contributed by atoms with Gasteiger partial charge in [-0.3, -0.25) is 10.3 Å². The van der Waals surface area contributed by atoms with Gasteiger partial charge in [-0.1, -0.05) is 53.4 Å². The van der Waals surface area contributed by atoms with Gasteiger partial charge in [-0.2, -0.15) is 0 Å². The summed E-state index contributed by atoms with van der Waals surface area (Å²) in [4.78, 5) is 16.6. The maximum Gasteiger partial charge on any atom is 0.325 e. The molecule has 0 saturated heterocycles. The number of benzene rings is 2. The summed E-state index contributed by atoms with van der Waals surface area (Å²) >= 11 is 2.76. The van der Waals surface area contributed by atoms with E-state index in [0.29, 0.717) is 16.6 Å². The third kappa shape index (κ3) is 4.62. The van der Waals surface area contributed by atoms with Crippen molar-refractivity contribution >= 4 is 50.9 Å². The van der Waals surface area contributed by atoms with Gasteiger partial charge in [0.2, 0.25) is 5.13 Å². The van der Waals surface area contributed by atoms with Crippen molar-refractivity contribution in [1.82, 2.24) is 15.2 Å². The second kappa shape index (κ2) is 8.32. The lowest BCUT2D eigenvalue weighted by atomic mass is 10.2. The van der Waals surface area contributed by atoms with Gasteiger partial charge in [0.15, 0.2) is 4.34 Å². The molecular formula is C19H14FN5OS2. The van der Waals surface area contributed by atoms with Crippen LogP contribution in [0.3, 0.4) is 0 Å². The van der Waals surface area contributed by atoms with Gasteiger partial charge >= 0.3 is 6.03 Å². The Morgan fingerprint density at radius 3 is 2.82 bits per heavy atom. The molecule has 6 nitrogen and oxygen atoms in total. The van der Waals surface area contributed by atoms with Gasteiger partial charge in [0.25, 0.3) is 0 Å². The van der Waals surface area contributed by atoms with E-state index in [1.54, 1.807) is 6.07 Å². The summed E-state index contributed by atoms with van der Waals surface area (Å²) in [6.07, 6.45) is 0. The largest absolute Gasteiger partial charge is 0.325 e. The van der Waals surface area contributed by atoms with E-state index in [4.69, 9.17) is 0 Å². The highest BCUT2D eigenvalue weighted by Gasteiger charge is 2.10. The van der Waals surface area contributed by atoms with Crippen LogP contribution in [0.15, 0.2) is 65.0 Å². The van der Waals surface area contributed by atoms with Crippen molar-refractivity contribution in [1.29, 1.82) is 0 Å². The van der Waals surface area contributed by atoms with Gasteiger partial charge in [0, 0.05) is 16.8 Å². The molecular weight excluding hydrogens is 397 g/mol. The zero-order valence-electron chi connectivity index (χ0n) is 14.4. The molecule has 0 bridgehead atoms. The first kappa shape index (κ1) is 18.3. The quantitative estimate of drug-likeness (QED) is 0.350. The fourth-order valence-electron chi connectivity index (χ4n) is 2.47. The number of fused-ring (bicyclic) bond motifs is 1. The van der Waals surface area contributed by atoms with E-state index < -0.39 is 11.8 Å². The number of rotatable bonds is 5. The minimum Gasteiger partial charge on any atom is -0.308 e. The maximum absolute atomic E-state index is 13.2. The van der Waals surface area contributed by atoms with Crippen LogP contribution in [0, 0.1) is 5.82 Å². The van der Waals surface area contributed by atoms with E-state index in [9.17, 15) is 9.18 Å². The molecule has 4 aromatic rings. The van der Waals surface area contributed by atoms with E-state index >= 15 is 0 Å². The predicted octanol–water partition coefficient (Wildman–Crippen LogP) is 5.16. The Morgan fingerprint density at radius 2 is 1.93 bits per heavy atom. The molecule has 4 rings (SSSR count). The standard InChI is InChI=1S/C19H14FN5OS2/c20-13-5-3-6-14(10-13)22-17(26)23-18-24-25-19(28-18)27-11-15-9-8-12-4-1-2-7-16(12)21-15/h1-10H,11H2,(H2,22,23,24,26). The lowest BCUT2D eigenvalue weighted by Crippen LogP contribution is -2.19. The molecule has 0 atom stereocenters. The van der Waals surface area contributed by atoms with Crippen molar-refractivity contribution in [2.45, 2.75) is 10.1 Å². The average Bonchev–Trinajstić information content (AvgIpc) is 3.13. The van der Waals surface area contributed by atoms with E-state index in [0.717, 1.165) is 20.9 Å². The summed E-state index contributed by atoms with van der Waals surface area (Å²) < 4.78 is 13.9. The molecule has 9 heteroatoms. The van der Waals surface area contributed by atoms with Crippen LogP contribution >= 0.6 is 23.1 Å². The Balaban J connectivity index is 1.34. The number of urea groups is 1. The third-order valence-electron chi connectivity index (χ3n) is 3.71. The number of anilines is 2. The summed E-state index contributed by atoms with van der Waals surface area (Å²) in [7, 11) is 0. The summed E-state index contributed by atoms with van der Waals surface area (Å²) in [5.74, 6) is 0.226. The molecule has 0 unspecified atom stereocenters. The average molecular weight is 411 g/mol. The summed E-state index contributed by atoms with van der Waals surface area (Å²) in [5.41, 5.74) is 2.26. The van der Waals surface area contributed by atoms with E-state index in [2.05, 4.69) is 25.8 Å². The van der Waals surface area contributed by atoms with Crippen LogP contribution in [0.4, 0.5) is 20.0 Å². The number of carbonyl (C=O) groups is 1. The molecule has 0 spiro atoms. The number of pyridine rings is 1. The number of nitrogens with one attached hydrogen (secondary N) is 2. The van der Waals surface area contributed by atoms with Crippen LogP contribution in [0.25, 0.3) is 10.9 Å². The molecule has 28 heavy (non-hydrogen) atoms. The molecule has 2 aromatic carbocycles. The van der Waals surface area contributed by atoms with Gasteiger partial charge in [0.1, 0.15) is 5.82 Å². The van der Waals surface area contributed by atoms with Crippen LogP contribution in [0.5, 0.6) is 0 Å². The molecule has 140 valence electrons. The smallest absolute Gasteiger partial charge is 0.308 e. The van der Waals surface area contributed by atoms with Crippen molar-refractivity contribution in [2.24, 2.45) is 0 Å². The second-order valence-corrected chi connectivity index (χ2v) is 7.95. The zero-order valence-corrected chi connectivity index (χ0v) is 16.1. The van der Waals surface area contributed by atoms with Crippen molar-refractivity contribution < 1.29 is 9.18 Å². The Kier molecular flexibility index (Phi) is 5.45. The summed E-state index contributed by atoms with van der Waals surface area (Å²) in [5, 5.41) is 14.6. The number of hydrogen-bond donors (Lipinski definition) is 2. The summed E-state index contributed by atoms with van der Waals surface area (Å²) in [6, 6.07) is 17.1. The van der Waals surface area contributed by atoms with Gasteiger partial charge < -0.3 is 5.32 Å². The number of carbonyl (C=O) groups excluding carboxylic acids is 1. The number of hydrogen-bond acceptors (Lipinski definition) is 6.